The zero-order chi connectivity index (χ0) is 14.4. The fourth-order valence-corrected chi connectivity index (χ4v) is 3.08. The summed E-state index contributed by atoms with van der Waals surface area (Å²) in [6.45, 7) is 0. The molecule has 2 heterocycles. The maximum Gasteiger partial charge on any atom is 0.279 e. The SMILES string of the molecule is O=c1c2c([nH]n1-c1ccncc1)CCc1cc(Cl)ccc1-2. The minimum Gasteiger partial charge on any atom is -0.294 e. The highest BCUT2D eigenvalue weighted by molar-refractivity contribution is 6.30. The summed E-state index contributed by atoms with van der Waals surface area (Å²) in [4.78, 5) is 16.7. The van der Waals surface area contributed by atoms with Crippen LogP contribution in [-0.2, 0) is 12.8 Å². The van der Waals surface area contributed by atoms with Crippen LogP contribution in [0.1, 0.15) is 11.3 Å². The summed E-state index contributed by atoms with van der Waals surface area (Å²) >= 11 is 6.05. The second kappa shape index (κ2) is 4.60. The summed E-state index contributed by atoms with van der Waals surface area (Å²) in [5, 5.41) is 3.93. The Bertz CT molecular complexity index is 880. The van der Waals surface area contributed by atoms with Crippen molar-refractivity contribution >= 4 is 11.6 Å². The maximum absolute atomic E-state index is 12.7. The van der Waals surface area contributed by atoms with Crippen molar-refractivity contribution in [2.75, 3.05) is 0 Å². The summed E-state index contributed by atoms with van der Waals surface area (Å²) in [6.07, 6.45) is 5.06. The van der Waals surface area contributed by atoms with Crippen LogP contribution in [0.15, 0.2) is 47.5 Å². The average Bonchev–Trinajstić information content (AvgIpc) is 2.85. The van der Waals surface area contributed by atoms with Crippen LogP contribution in [0, 0.1) is 0 Å². The van der Waals surface area contributed by atoms with Gasteiger partial charge in [-0.2, -0.15) is 0 Å². The zero-order valence-corrected chi connectivity index (χ0v) is 11.9. The van der Waals surface area contributed by atoms with Crippen molar-refractivity contribution in [1.82, 2.24) is 14.8 Å². The second-order valence-corrected chi connectivity index (χ2v) is 5.55. The van der Waals surface area contributed by atoms with Gasteiger partial charge in [-0.05, 0) is 48.2 Å². The molecule has 0 atom stereocenters. The van der Waals surface area contributed by atoms with E-state index in [1.54, 1.807) is 17.1 Å². The highest BCUT2D eigenvalue weighted by Gasteiger charge is 2.23. The minimum atomic E-state index is -0.0283. The van der Waals surface area contributed by atoms with Crippen molar-refractivity contribution < 1.29 is 0 Å². The van der Waals surface area contributed by atoms with Gasteiger partial charge >= 0.3 is 0 Å². The van der Waals surface area contributed by atoms with Crippen LogP contribution < -0.4 is 5.56 Å². The van der Waals surface area contributed by atoms with Gasteiger partial charge in [0.15, 0.2) is 0 Å². The van der Waals surface area contributed by atoms with Crippen molar-refractivity contribution in [3.63, 3.8) is 0 Å². The molecule has 1 aliphatic rings. The summed E-state index contributed by atoms with van der Waals surface area (Å²) in [6, 6.07) is 9.34. The number of fused-ring (bicyclic) bond motifs is 3. The Morgan fingerprint density at radius 1 is 1.14 bits per heavy atom. The van der Waals surface area contributed by atoms with Crippen LogP contribution >= 0.6 is 11.6 Å². The molecule has 1 aliphatic carbocycles. The van der Waals surface area contributed by atoms with Gasteiger partial charge in [0.1, 0.15) is 0 Å². The molecule has 5 heteroatoms. The summed E-state index contributed by atoms with van der Waals surface area (Å²) in [5.74, 6) is 0. The number of pyridine rings is 1. The fourth-order valence-electron chi connectivity index (χ4n) is 2.89. The molecule has 1 aromatic carbocycles. The number of hydrogen-bond donors (Lipinski definition) is 1. The molecule has 0 fully saturated rings. The van der Waals surface area contributed by atoms with E-state index in [1.807, 2.05) is 30.3 Å². The molecular formula is C16H12ClN3O. The molecule has 0 radical (unpaired) electrons. The van der Waals surface area contributed by atoms with Gasteiger partial charge < -0.3 is 0 Å². The first kappa shape index (κ1) is 12.4. The number of aromatic nitrogens is 3. The van der Waals surface area contributed by atoms with Gasteiger partial charge in [0.2, 0.25) is 0 Å². The number of hydrogen-bond acceptors (Lipinski definition) is 2. The highest BCUT2D eigenvalue weighted by atomic mass is 35.5. The molecule has 0 bridgehead atoms. The lowest BCUT2D eigenvalue weighted by molar-refractivity contribution is 0.799. The first-order chi connectivity index (χ1) is 10.2. The zero-order valence-electron chi connectivity index (χ0n) is 11.1. The molecule has 0 saturated carbocycles. The first-order valence-electron chi connectivity index (χ1n) is 6.77. The molecule has 104 valence electrons. The summed E-state index contributed by atoms with van der Waals surface area (Å²) in [5.41, 5.74) is 4.61. The van der Waals surface area contributed by atoms with E-state index in [9.17, 15) is 4.79 Å². The molecule has 0 amide bonds. The smallest absolute Gasteiger partial charge is 0.279 e. The van der Waals surface area contributed by atoms with Gasteiger partial charge in [0.25, 0.3) is 5.56 Å². The van der Waals surface area contributed by atoms with Gasteiger partial charge in [-0.25, -0.2) is 4.68 Å². The van der Waals surface area contributed by atoms with Gasteiger partial charge in [0, 0.05) is 23.1 Å². The van der Waals surface area contributed by atoms with E-state index >= 15 is 0 Å². The number of halogens is 1. The van der Waals surface area contributed by atoms with Crippen LogP contribution in [0.2, 0.25) is 5.02 Å². The Balaban J connectivity index is 1.96. The number of benzene rings is 1. The standard InChI is InChI=1S/C16H12ClN3O/c17-11-2-3-13-10(9-11)1-4-14-15(13)16(21)20(19-14)12-5-7-18-8-6-12/h2-3,5-9,19H,1,4H2. The third-order valence-corrected chi connectivity index (χ3v) is 4.10. The van der Waals surface area contributed by atoms with Gasteiger partial charge in [-0.3, -0.25) is 14.9 Å². The Labute approximate surface area is 126 Å². The van der Waals surface area contributed by atoms with E-state index in [-0.39, 0.29) is 5.56 Å². The van der Waals surface area contributed by atoms with E-state index in [0.29, 0.717) is 5.02 Å². The molecule has 0 spiro atoms. The van der Waals surface area contributed by atoms with Crippen LogP contribution in [0.25, 0.3) is 16.8 Å². The number of nitrogens with one attached hydrogen (secondary N) is 1. The Hall–Kier alpha value is -2.33. The topological polar surface area (TPSA) is 50.7 Å². The molecule has 1 N–H and O–H groups in total. The molecule has 4 nitrogen and oxygen atoms in total. The predicted molar refractivity (Wildman–Crippen MR) is 82.0 cm³/mol. The van der Waals surface area contributed by atoms with Gasteiger partial charge in [-0.15, -0.1) is 0 Å². The Morgan fingerprint density at radius 2 is 1.95 bits per heavy atom. The first-order valence-corrected chi connectivity index (χ1v) is 7.15. The third-order valence-electron chi connectivity index (χ3n) is 3.87. The monoisotopic (exact) mass is 297 g/mol. The largest absolute Gasteiger partial charge is 0.294 e. The van der Waals surface area contributed by atoms with Crippen LogP contribution in [-0.4, -0.2) is 14.8 Å². The van der Waals surface area contributed by atoms with Crippen molar-refractivity contribution in [2.45, 2.75) is 12.8 Å². The summed E-state index contributed by atoms with van der Waals surface area (Å²) in [7, 11) is 0. The molecule has 0 unspecified atom stereocenters. The normalized spacial score (nSPS) is 12.8. The van der Waals surface area contributed by atoms with Crippen LogP contribution in [0.3, 0.4) is 0 Å². The van der Waals surface area contributed by atoms with E-state index in [1.165, 1.54) is 0 Å². The Kier molecular flexibility index (Phi) is 2.72. The second-order valence-electron chi connectivity index (χ2n) is 5.11. The lowest BCUT2D eigenvalue weighted by Gasteiger charge is -2.14. The van der Waals surface area contributed by atoms with E-state index in [0.717, 1.165) is 40.9 Å². The maximum atomic E-state index is 12.7. The fraction of sp³-hybridized carbons (Fsp3) is 0.125. The number of H-pyrrole nitrogens is 1. The molecule has 4 rings (SSSR count). The molecule has 3 aromatic rings. The minimum absolute atomic E-state index is 0.0283. The number of nitrogens with zero attached hydrogens (tertiary/aromatic N) is 2. The molecule has 2 aromatic heterocycles. The third kappa shape index (κ3) is 1.91. The van der Waals surface area contributed by atoms with E-state index in [4.69, 9.17) is 11.6 Å². The molecule has 0 aliphatic heterocycles. The quantitative estimate of drug-likeness (QED) is 0.751. The van der Waals surface area contributed by atoms with Gasteiger partial charge in [0.05, 0.1) is 11.3 Å². The Morgan fingerprint density at radius 3 is 2.76 bits per heavy atom. The van der Waals surface area contributed by atoms with Crippen LogP contribution in [0.4, 0.5) is 0 Å². The number of rotatable bonds is 1. The number of aryl methyl sites for hydroxylation is 2. The van der Waals surface area contributed by atoms with Crippen molar-refractivity contribution in [1.29, 1.82) is 0 Å². The molecular weight excluding hydrogens is 286 g/mol. The highest BCUT2D eigenvalue weighted by Crippen LogP contribution is 2.32. The van der Waals surface area contributed by atoms with Crippen molar-refractivity contribution in [3.8, 4) is 16.8 Å². The lowest BCUT2D eigenvalue weighted by Crippen LogP contribution is -2.16. The lowest BCUT2D eigenvalue weighted by atomic mass is 9.90. The summed E-state index contributed by atoms with van der Waals surface area (Å²) < 4.78 is 1.58. The van der Waals surface area contributed by atoms with Crippen LogP contribution in [0.5, 0.6) is 0 Å². The number of aromatic amines is 1. The van der Waals surface area contributed by atoms with E-state index < -0.39 is 0 Å². The molecule has 21 heavy (non-hydrogen) atoms. The van der Waals surface area contributed by atoms with Gasteiger partial charge in [-0.1, -0.05) is 17.7 Å². The molecule has 0 saturated heterocycles. The van der Waals surface area contributed by atoms with Crippen molar-refractivity contribution in [3.05, 3.63) is 69.4 Å². The van der Waals surface area contributed by atoms with E-state index in [2.05, 4.69) is 10.1 Å². The predicted octanol–water partition coefficient (Wildman–Crippen LogP) is 2.98. The van der Waals surface area contributed by atoms with Crippen molar-refractivity contribution in [2.24, 2.45) is 0 Å². The average molecular weight is 298 g/mol.